The molecule has 0 aliphatic rings. The molecule has 0 N–H and O–H groups in total. The molecular weight excluding hydrogens is 1630 g/mol. The third-order valence-corrected chi connectivity index (χ3v) is 14.8. The first kappa shape index (κ1) is 118. The molecule has 0 heterocycles. The second-order valence-corrected chi connectivity index (χ2v) is 25.9. The Morgan fingerprint density at radius 1 is 0.0368 bits per heavy atom. The Hall–Kier alpha value is -17.7. The van der Waals surface area contributed by atoms with E-state index in [1.165, 1.54) is 0 Å². The molecule has 0 aromatic rings. The number of hydrogen-bond donors (Lipinski definition) is 0. The van der Waals surface area contributed by atoms with Crippen molar-refractivity contribution in [3.8, 4) is 0 Å². The zero-order valence-corrected chi connectivity index (χ0v) is 78.8. The summed E-state index contributed by atoms with van der Waals surface area (Å²) in [7, 11) is 0. The fourth-order valence-corrected chi connectivity index (χ4v) is 8.50. The molecule has 0 unspecified atom stereocenters. The van der Waals surface area contributed by atoms with Gasteiger partial charge in [-0.15, -0.1) is 0 Å². The highest BCUT2D eigenvalue weighted by Crippen LogP contribution is 1.99. The minimum Gasteiger partial charge on any atom is -0.0991 e. The van der Waals surface area contributed by atoms with Gasteiger partial charge < -0.3 is 0 Å². The van der Waals surface area contributed by atoms with Crippen molar-refractivity contribution in [2.45, 2.75) is 0 Å². The van der Waals surface area contributed by atoms with Crippen LogP contribution in [0.3, 0.4) is 0 Å². The molecule has 0 aliphatic carbocycles. The Bertz CT molecular complexity index is 4680. The van der Waals surface area contributed by atoms with Gasteiger partial charge in [-0.2, -0.15) is 0 Å². The lowest BCUT2D eigenvalue weighted by molar-refractivity contribution is 1.81. The van der Waals surface area contributed by atoms with Crippen LogP contribution in [0.25, 0.3) is 0 Å². The topological polar surface area (TPSA) is 0 Å². The number of allylic oxidation sites excluding steroid dienone is 134. The molecule has 0 rings (SSSR count). The van der Waals surface area contributed by atoms with Gasteiger partial charge in [-0.25, -0.2) is 0 Å². The molecule has 0 aliphatic heterocycles. The molecule has 0 atom stereocenters. The number of hydrogen-bond acceptors (Lipinski definition) is 0. The third-order valence-electron chi connectivity index (χ3n) is 14.8. The van der Waals surface area contributed by atoms with Crippen LogP contribution < -0.4 is 0 Å². The van der Waals surface area contributed by atoms with E-state index in [9.17, 15) is 0 Å². The van der Waals surface area contributed by atoms with Gasteiger partial charge in [0.15, 0.2) is 0 Å². The summed E-state index contributed by atoms with van der Waals surface area (Å²) in [4.78, 5) is 0. The van der Waals surface area contributed by atoms with Crippen LogP contribution in [0, 0.1) is 0 Å². The molecule has 0 aromatic carbocycles. The SMILES string of the molecule is C=CC=CC=CC=CC=CC=CC=CC=CC=CC=CC=CC=CC=CC=CC=CC=CC=CC=CC=CC=CC=CC=CC=CC=CC=CC=CC=CC=CC=CC=CC=CC=CC=CC=CC=CC=CC=CC=CC=CC=CC=CC=CC=CC=CC=CC=CC=CC=CC=CC=CC=CC=CC=CC=CC=CC=CC=CC=CC=CC=CC=CC=CC=CC=CC=CC=CC=CC=C. The van der Waals surface area contributed by atoms with Crippen LogP contribution in [0.2, 0.25) is 0 Å². The van der Waals surface area contributed by atoms with Gasteiger partial charge in [-0.3, -0.25) is 0 Å². The van der Waals surface area contributed by atoms with E-state index in [2.05, 4.69) is 13.2 Å². The lowest BCUT2D eigenvalue weighted by atomic mass is 10.3. The number of rotatable bonds is 67. The molecule has 0 saturated carbocycles. The predicted molar refractivity (Wildman–Crippen MR) is 624 cm³/mol. The summed E-state index contributed by atoms with van der Waals surface area (Å²) in [5.74, 6) is 0. The highest BCUT2D eigenvalue weighted by atomic mass is 13.8. The smallest absolute Gasteiger partial charge is 0.0623 e. The maximum absolute atomic E-state index is 3.64. The summed E-state index contributed by atoms with van der Waals surface area (Å²) in [6, 6.07) is 0. The average molecular weight is 1770 g/mol. The molecular formula is C136H138. The molecule has 0 bridgehead atoms. The quantitative estimate of drug-likeness (QED) is 0.0533. The summed E-state index contributed by atoms with van der Waals surface area (Å²) in [5.41, 5.74) is 0. The van der Waals surface area contributed by atoms with Crippen LogP contribution in [0.15, 0.2) is 827 Å². The van der Waals surface area contributed by atoms with Gasteiger partial charge in [0.1, 0.15) is 0 Å². The van der Waals surface area contributed by atoms with Crippen LogP contribution in [-0.4, -0.2) is 0 Å². The summed E-state index contributed by atoms with van der Waals surface area (Å²) < 4.78 is 0. The van der Waals surface area contributed by atoms with Crippen molar-refractivity contribution >= 4 is 0 Å². The van der Waals surface area contributed by atoms with Gasteiger partial charge in [0.25, 0.3) is 0 Å². The van der Waals surface area contributed by atoms with Crippen LogP contribution in [0.5, 0.6) is 0 Å². The maximum Gasteiger partial charge on any atom is -0.0623 e. The molecule has 0 nitrogen and oxygen atoms in total. The van der Waals surface area contributed by atoms with Crippen LogP contribution in [0.4, 0.5) is 0 Å². The normalized spacial score (nSPS) is 15.7. The molecule has 0 spiro atoms. The first-order valence-electron chi connectivity index (χ1n) is 45.1. The molecule has 0 amide bonds. The first-order chi connectivity index (χ1) is 67.9. The zero-order chi connectivity index (χ0) is 96.8. The monoisotopic (exact) mass is 1770 g/mol. The van der Waals surface area contributed by atoms with Crippen molar-refractivity contribution in [3.63, 3.8) is 0 Å². The Morgan fingerprint density at radius 3 is 0.0809 bits per heavy atom. The Labute approximate surface area is 821 Å². The fourth-order valence-electron chi connectivity index (χ4n) is 8.50. The van der Waals surface area contributed by atoms with E-state index in [1.807, 2.05) is 802 Å². The van der Waals surface area contributed by atoms with E-state index >= 15 is 0 Å². The second-order valence-electron chi connectivity index (χ2n) is 25.9. The van der Waals surface area contributed by atoms with E-state index in [0.717, 1.165) is 0 Å². The molecule has 0 heteroatoms. The van der Waals surface area contributed by atoms with Crippen molar-refractivity contribution < 1.29 is 0 Å². The average Bonchev–Trinajstić information content (AvgIpc) is 1.10. The molecule has 682 valence electrons. The summed E-state index contributed by atoms with van der Waals surface area (Å²) in [6.07, 6.45) is 267. The summed E-state index contributed by atoms with van der Waals surface area (Å²) in [6.45, 7) is 7.28. The Kier molecular flexibility index (Phi) is 102. The third kappa shape index (κ3) is 116. The van der Waals surface area contributed by atoms with Crippen LogP contribution >= 0.6 is 0 Å². The molecule has 0 radical (unpaired) electrons. The largest absolute Gasteiger partial charge is 0.0991 e. The maximum atomic E-state index is 3.64. The van der Waals surface area contributed by atoms with Crippen molar-refractivity contribution in [2.75, 3.05) is 0 Å². The first-order valence-corrected chi connectivity index (χ1v) is 45.1. The van der Waals surface area contributed by atoms with Crippen molar-refractivity contribution in [1.82, 2.24) is 0 Å². The van der Waals surface area contributed by atoms with E-state index in [-0.39, 0.29) is 0 Å². The molecule has 0 saturated heterocycles. The van der Waals surface area contributed by atoms with Gasteiger partial charge in [-0.05, 0) is 0 Å². The minimum absolute atomic E-state index is 1.75. The zero-order valence-electron chi connectivity index (χ0n) is 78.8. The van der Waals surface area contributed by atoms with Crippen molar-refractivity contribution in [3.05, 3.63) is 827 Å². The fraction of sp³-hybridized carbons (Fsp3) is 0. The summed E-state index contributed by atoms with van der Waals surface area (Å²) in [5, 5.41) is 0. The van der Waals surface area contributed by atoms with Gasteiger partial charge >= 0.3 is 0 Å². The van der Waals surface area contributed by atoms with Crippen molar-refractivity contribution in [2.24, 2.45) is 0 Å². The van der Waals surface area contributed by atoms with Gasteiger partial charge in [0.2, 0.25) is 0 Å². The Morgan fingerprint density at radius 2 is 0.0588 bits per heavy atom. The van der Waals surface area contributed by atoms with Gasteiger partial charge in [-0.1, -0.05) is 827 Å². The van der Waals surface area contributed by atoms with E-state index in [4.69, 9.17) is 0 Å². The summed E-state index contributed by atoms with van der Waals surface area (Å²) >= 11 is 0. The lowest BCUT2D eigenvalue weighted by Crippen LogP contribution is -1.55. The van der Waals surface area contributed by atoms with E-state index < -0.39 is 0 Å². The lowest BCUT2D eigenvalue weighted by Gasteiger charge is -1.77. The van der Waals surface area contributed by atoms with Crippen molar-refractivity contribution in [1.29, 1.82) is 0 Å². The highest BCUT2D eigenvalue weighted by molar-refractivity contribution is 5.35. The van der Waals surface area contributed by atoms with Crippen LogP contribution in [-0.2, 0) is 0 Å². The van der Waals surface area contributed by atoms with E-state index in [1.54, 1.807) is 12.2 Å². The van der Waals surface area contributed by atoms with Crippen LogP contribution in [0.1, 0.15) is 0 Å². The predicted octanol–water partition coefficient (Wildman–Crippen LogP) is 38.1. The minimum atomic E-state index is 1.75. The highest BCUT2D eigenvalue weighted by Gasteiger charge is 1.77. The van der Waals surface area contributed by atoms with E-state index in [0.29, 0.717) is 0 Å². The standard InChI is InChI=1S/C136H138/c1-3-5-7-9-11-13-15-17-19-21-23-25-27-29-31-33-35-37-39-41-43-45-47-49-51-53-55-57-59-61-63-65-67-69-71-73-75-77-79-81-83-85-87-89-91-93-95-97-99-101-103-105-107-109-111-113-115-117-119-121-123-125-127-129-131-133-135-136-134-132-130-128-126-124-122-120-118-116-114-112-110-108-106-104-102-100-98-96-94-92-90-88-86-84-82-80-78-76-74-72-70-68-66-64-62-60-58-56-54-52-50-48-46-44-42-40-38-36-34-32-30-28-26-24-22-20-18-16-14-12-10-8-6-4-2/h3-136H,1-2H2. The van der Waals surface area contributed by atoms with Gasteiger partial charge in [0.05, 0.1) is 0 Å². The van der Waals surface area contributed by atoms with Gasteiger partial charge in [0, 0.05) is 0 Å². The second kappa shape index (κ2) is 117. The molecule has 136 heavy (non-hydrogen) atoms. The molecule has 0 aromatic heterocycles. The Balaban J connectivity index is 4.14. The molecule has 0 fully saturated rings.